The van der Waals surface area contributed by atoms with Crippen molar-refractivity contribution in [1.82, 2.24) is 10.3 Å². The van der Waals surface area contributed by atoms with Crippen LogP contribution in [-0.2, 0) is 0 Å². The second-order valence-corrected chi connectivity index (χ2v) is 3.37. The van der Waals surface area contributed by atoms with E-state index in [0.717, 1.165) is 0 Å². The molecular weight excluding hydrogens is 242 g/mol. The normalized spacial score (nSPS) is 12.6. The van der Waals surface area contributed by atoms with E-state index < -0.39 is 25.0 Å². The maximum atomic E-state index is 11.9. The number of carbonyl (C=O) groups is 1. The van der Waals surface area contributed by atoms with E-state index in [4.69, 9.17) is 16.7 Å². The molecule has 0 aliphatic heterocycles. The number of aromatic nitrogens is 1. The lowest BCUT2D eigenvalue weighted by Crippen LogP contribution is -2.35. The second-order valence-electron chi connectivity index (χ2n) is 2.97. The first-order valence-corrected chi connectivity index (χ1v) is 4.74. The molecule has 0 radical (unpaired) electrons. The fraction of sp³-hybridized carbons (Fsp3) is 0.333. The standard InChI is InChI=1S/C9H9ClF2N2O2/c10-6-1-2-13-3-5(6)9(16)14-4-7(15)8(11)12/h1-3,7-8,15H,4H2,(H,14,16). The monoisotopic (exact) mass is 250 g/mol. The Morgan fingerprint density at radius 1 is 1.62 bits per heavy atom. The number of rotatable bonds is 4. The highest BCUT2D eigenvalue weighted by molar-refractivity contribution is 6.33. The average molecular weight is 251 g/mol. The first-order chi connectivity index (χ1) is 7.52. The number of hydrogen-bond donors (Lipinski definition) is 2. The van der Waals surface area contributed by atoms with Crippen molar-refractivity contribution in [3.8, 4) is 0 Å². The Labute approximate surface area is 95.3 Å². The molecule has 1 aromatic rings. The number of halogens is 3. The van der Waals surface area contributed by atoms with Crippen LogP contribution in [0, 0.1) is 0 Å². The van der Waals surface area contributed by atoms with Crippen LogP contribution in [0.2, 0.25) is 5.02 Å². The van der Waals surface area contributed by atoms with Crippen LogP contribution in [0.4, 0.5) is 8.78 Å². The Morgan fingerprint density at radius 3 is 2.88 bits per heavy atom. The van der Waals surface area contributed by atoms with Gasteiger partial charge in [0, 0.05) is 18.9 Å². The summed E-state index contributed by atoms with van der Waals surface area (Å²) in [5, 5.41) is 11.1. The summed E-state index contributed by atoms with van der Waals surface area (Å²) in [5.41, 5.74) is 0.0747. The van der Waals surface area contributed by atoms with Crippen molar-refractivity contribution in [3.63, 3.8) is 0 Å². The zero-order valence-corrected chi connectivity index (χ0v) is 8.79. The quantitative estimate of drug-likeness (QED) is 0.841. The Bertz CT molecular complexity index is 376. The summed E-state index contributed by atoms with van der Waals surface area (Å²) in [6.07, 6.45) is -2.18. The van der Waals surface area contributed by atoms with Gasteiger partial charge in [-0.3, -0.25) is 9.78 Å². The number of nitrogens with zero attached hydrogens (tertiary/aromatic N) is 1. The highest BCUT2D eigenvalue weighted by Gasteiger charge is 2.18. The SMILES string of the molecule is O=C(NCC(O)C(F)F)c1cnccc1Cl. The van der Waals surface area contributed by atoms with Gasteiger partial charge >= 0.3 is 0 Å². The lowest BCUT2D eigenvalue weighted by atomic mass is 10.2. The number of aliphatic hydroxyl groups is 1. The molecule has 0 spiro atoms. The maximum Gasteiger partial charge on any atom is 0.265 e. The predicted molar refractivity (Wildman–Crippen MR) is 53.6 cm³/mol. The minimum absolute atomic E-state index is 0.0747. The number of pyridine rings is 1. The Morgan fingerprint density at radius 2 is 2.31 bits per heavy atom. The van der Waals surface area contributed by atoms with Crippen molar-refractivity contribution in [2.75, 3.05) is 6.54 Å². The third-order valence-corrected chi connectivity index (χ3v) is 2.10. The van der Waals surface area contributed by atoms with Gasteiger partial charge in [-0.05, 0) is 6.07 Å². The van der Waals surface area contributed by atoms with E-state index in [1.54, 1.807) is 0 Å². The van der Waals surface area contributed by atoms with Gasteiger partial charge in [-0.15, -0.1) is 0 Å². The number of alkyl halides is 2. The summed E-state index contributed by atoms with van der Waals surface area (Å²) >= 11 is 5.69. The molecule has 0 bridgehead atoms. The smallest absolute Gasteiger partial charge is 0.265 e. The van der Waals surface area contributed by atoms with E-state index in [9.17, 15) is 13.6 Å². The topological polar surface area (TPSA) is 62.2 Å². The molecule has 1 heterocycles. The first-order valence-electron chi connectivity index (χ1n) is 4.36. The van der Waals surface area contributed by atoms with Crippen LogP contribution < -0.4 is 5.32 Å². The average Bonchev–Trinajstić information content (AvgIpc) is 2.25. The fourth-order valence-corrected chi connectivity index (χ4v) is 1.12. The van der Waals surface area contributed by atoms with Crippen LogP contribution in [0.3, 0.4) is 0 Å². The molecule has 0 aliphatic rings. The van der Waals surface area contributed by atoms with Crippen molar-refractivity contribution >= 4 is 17.5 Å². The highest BCUT2D eigenvalue weighted by Crippen LogP contribution is 2.13. The summed E-state index contributed by atoms with van der Waals surface area (Å²) in [6, 6.07) is 1.40. The Hall–Kier alpha value is -1.27. The summed E-state index contributed by atoms with van der Waals surface area (Å²) in [6.45, 7) is -0.540. The molecule has 88 valence electrons. The van der Waals surface area contributed by atoms with Gasteiger partial charge in [-0.1, -0.05) is 11.6 Å². The summed E-state index contributed by atoms with van der Waals surface area (Å²) < 4.78 is 23.8. The number of hydrogen-bond acceptors (Lipinski definition) is 3. The largest absolute Gasteiger partial charge is 0.385 e. The van der Waals surface area contributed by atoms with E-state index in [1.165, 1.54) is 18.5 Å². The molecule has 0 fully saturated rings. The van der Waals surface area contributed by atoms with Crippen molar-refractivity contribution in [3.05, 3.63) is 29.0 Å². The number of nitrogens with one attached hydrogen (secondary N) is 1. The summed E-state index contributed by atoms with van der Waals surface area (Å²) in [7, 11) is 0. The van der Waals surface area contributed by atoms with Crippen molar-refractivity contribution in [2.45, 2.75) is 12.5 Å². The van der Waals surface area contributed by atoms with Gasteiger partial charge < -0.3 is 10.4 Å². The molecule has 7 heteroatoms. The van der Waals surface area contributed by atoms with Gasteiger partial charge in [0.15, 0.2) is 0 Å². The lowest BCUT2D eigenvalue weighted by Gasteiger charge is -2.10. The molecule has 1 amide bonds. The molecule has 1 aromatic heterocycles. The van der Waals surface area contributed by atoms with E-state index in [2.05, 4.69) is 10.3 Å². The molecule has 2 N–H and O–H groups in total. The van der Waals surface area contributed by atoms with Gasteiger partial charge in [0.25, 0.3) is 12.3 Å². The third-order valence-electron chi connectivity index (χ3n) is 1.78. The molecular formula is C9H9ClF2N2O2. The second kappa shape index (κ2) is 5.72. The molecule has 0 saturated heterocycles. The Kier molecular flexibility index (Phi) is 4.57. The molecule has 0 aliphatic carbocycles. The zero-order chi connectivity index (χ0) is 12.1. The van der Waals surface area contributed by atoms with Crippen LogP contribution in [-0.4, -0.2) is 35.1 Å². The van der Waals surface area contributed by atoms with Crippen LogP contribution in [0.15, 0.2) is 18.5 Å². The van der Waals surface area contributed by atoms with Gasteiger partial charge in [0.1, 0.15) is 6.10 Å². The number of carbonyl (C=O) groups excluding carboxylic acids is 1. The molecule has 0 aromatic carbocycles. The molecule has 0 saturated carbocycles. The van der Waals surface area contributed by atoms with Gasteiger partial charge in [-0.25, -0.2) is 8.78 Å². The van der Waals surface area contributed by atoms with Crippen LogP contribution in [0.1, 0.15) is 10.4 Å². The minimum Gasteiger partial charge on any atom is -0.385 e. The molecule has 1 atom stereocenters. The van der Waals surface area contributed by atoms with Crippen LogP contribution in [0.5, 0.6) is 0 Å². The predicted octanol–water partition coefficient (Wildman–Crippen LogP) is 1.09. The van der Waals surface area contributed by atoms with Gasteiger partial charge in [-0.2, -0.15) is 0 Å². The van der Waals surface area contributed by atoms with Gasteiger partial charge in [0.2, 0.25) is 0 Å². The minimum atomic E-state index is -2.90. The fourth-order valence-electron chi connectivity index (χ4n) is 0.926. The van der Waals surface area contributed by atoms with E-state index in [0.29, 0.717) is 0 Å². The van der Waals surface area contributed by atoms with Crippen molar-refractivity contribution in [2.24, 2.45) is 0 Å². The highest BCUT2D eigenvalue weighted by atomic mass is 35.5. The van der Waals surface area contributed by atoms with E-state index in [1.807, 2.05) is 0 Å². The van der Waals surface area contributed by atoms with E-state index >= 15 is 0 Å². The van der Waals surface area contributed by atoms with E-state index in [-0.39, 0.29) is 10.6 Å². The summed E-state index contributed by atoms with van der Waals surface area (Å²) in [5.74, 6) is -0.655. The van der Waals surface area contributed by atoms with Gasteiger partial charge in [0.05, 0.1) is 10.6 Å². The van der Waals surface area contributed by atoms with Crippen LogP contribution >= 0.6 is 11.6 Å². The number of aliphatic hydroxyl groups excluding tert-OH is 1. The summed E-state index contributed by atoms with van der Waals surface area (Å²) in [4.78, 5) is 15.1. The molecule has 16 heavy (non-hydrogen) atoms. The third kappa shape index (κ3) is 3.39. The van der Waals surface area contributed by atoms with Crippen molar-refractivity contribution in [1.29, 1.82) is 0 Å². The zero-order valence-electron chi connectivity index (χ0n) is 8.03. The van der Waals surface area contributed by atoms with Crippen LogP contribution in [0.25, 0.3) is 0 Å². The molecule has 4 nitrogen and oxygen atoms in total. The molecule has 1 unspecified atom stereocenters. The lowest BCUT2D eigenvalue weighted by molar-refractivity contribution is -0.00270. The first kappa shape index (κ1) is 12.8. The van der Waals surface area contributed by atoms with Crippen molar-refractivity contribution < 1.29 is 18.7 Å². The maximum absolute atomic E-state index is 11.9. The molecule has 1 rings (SSSR count). The number of amides is 1. The Balaban J connectivity index is 2.57.